The zero-order valence-electron chi connectivity index (χ0n) is 20.0. The number of carbonyl (C=O) groups excluding carboxylic acids is 1. The lowest BCUT2D eigenvalue weighted by Gasteiger charge is -2.12. The number of amides is 1. The fourth-order valence-corrected chi connectivity index (χ4v) is 3.72. The van der Waals surface area contributed by atoms with Gasteiger partial charge < -0.3 is 20.7 Å². The van der Waals surface area contributed by atoms with Gasteiger partial charge in [0.05, 0.1) is 23.0 Å². The number of aromatic nitrogens is 5. The number of ether oxygens (including phenoxy) is 1. The van der Waals surface area contributed by atoms with Gasteiger partial charge in [-0.2, -0.15) is 10.4 Å². The van der Waals surface area contributed by atoms with Crippen LogP contribution in [0.4, 0.5) is 18.9 Å². The summed E-state index contributed by atoms with van der Waals surface area (Å²) in [4.78, 5) is 12.1. The first-order chi connectivity index (χ1) is 18.3. The van der Waals surface area contributed by atoms with Gasteiger partial charge in [-0.15, -0.1) is 23.4 Å². The molecule has 38 heavy (non-hydrogen) atoms. The highest BCUT2D eigenvalue weighted by atomic mass is 19.4. The zero-order valence-corrected chi connectivity index (χ0v) is 20.0. The highest BCUT2D eigenvalue weighted by Crippen LogP contribution is 2.27. The van der Waals surface area contributed by atoms with E-state index in [1.165, 1.54) is 12.1 Å². The average molecular weight is 528 g/mol. The van der Waals surface area contributed by atoms with E-state index in [1.807, 2.05) is 12.1 Å². The van der Waals surface area contributed by atoms with Crippen LogP contribution in [-0.2, 0) is 11.3 Å². The molecule has 0 unspecified atom stereocenters. The summed E-state index contributed by atoms with van der Waals surface area (Å²) in [7, 11) is 0. The van der Waals surface area contributed by atoms with Gasteiger partial charge in [-0.1, -0.05) is 6.07 Å². The number of nitrogens with one attached hydrogen (secondary N) is 4. The second-order valence-corrected chi connectivity index (χ2v) is 8.24. The summed E-state index contributed by atoms with van der Waals surface area (Å²) in [5.74, 6) is -0.675. The summed E-state index contributed by atoms with van der Waals surface area (Å²) in [6, 6.07) is 9.47. The Balaban J connectivity index is 1.15. The molecular formula is C24H24F3N9O2. The standard InChI is InChI=1S/C24H24F3N9O2/c25-24(26,27)38-22-3-2-16(8-17(22)11-28)12-29-7-4-23(37)31-6-1-5-30-20-9-18(36-14-33-34-15-36)10-21-19(20)13-32-35-21/h2-3,8-10,13-15,29-30H,1,4-7,12H2,(H,31,37)(H,32,35). The van der Waals surface area contributed by atoms with Crippen LogP contribution in [0.1, 0.15) is 24.0 Å². The summed E-state index contributed by atoms with van der Waals surface area (Å²) < 4.78 is 42.8. The van der Waals surface area contributed by atoms with Crippen molar-refractivity contribution in [2.24, 2.45) is 0 Å². The number of fused-ring (bicyclic) bond motifs is 1. The molecular weight excluding hydrogens is 503 g/mol. The van der Waals surface area contributed by atoms with E-state index in [-0.39, 0.29) is 24.4 Å². The molecule has 0 atom stereocenters. The summed E-state index contributed by atoms with van der Waals surface area (Å²) in [6.07, 6.45) is 1.01. The molecule has 0 aliphatic heterocycles. The smallest absolute Gasteiger partial charge is 0.404 e. The number of nitrogens with zero attached hydrogens (tertiary/aromatic N) is 5. The van der Waals surface area contributed by atoms with Crippen LogP contribution in [0.15, 0.2) is 49.2 Å². The highest BCUT2D eigenvalue weighted by Gasteiger charge is 2.32. The molecule has 198 valence electrons. The van der Waals surface area contributed by atoms with Crippen molar-refractivity contribution in [2.45, 2.75) is 25.7 Å². The van der Waals surface area contributed by atoms with Gasteiger partial charge in [-0.25, -0.2) is 0 Å². The van der Waals surface area contributed by atoms with Gasteiger partial charge in [0.1, 0.15) is 24.5 Å². The highest BCUT2D eigenvalue weighted by molar-refractivity contribution is 5.93. The maximum Gasteiger partial charge on any atom is 0.573 e. The molecule has 4 N–H and O–H groups in total. The molecule has 0 saturated carbocycles. The first-order valence-corrected chi connectivity index (χ1v) is 11.6. The number of benzene rings is 2. The number of H-pyrrole nitrogens is 1. The van der Waals surface area contributed by atoms with E-state index in [4.69, 9.17) is 5.26 Å². The Morgan fingerprint density at radius 3 is 2.71 bits per heavy atom. The zero-order chi connectivity index (χ0) is 27.0. The third-order valence-corrected chi connectivity index (χ3v) is 5.50. The van der Waals surface area contributed by atoms with Gasteiger partial charge >= 0.3 is 6.36 Å². The number of nitriles is 1. The van der Waals surface area contributed by atoms with Crippen LogP contribution in [-0.4, -0.2) is 56.9 Å². The Labute approximate surface area is 215 Å². The molecule has 4 aromatic rings. The number of hydrogen-bond donors (Lipinski definition) is 4. The maximum atomic E-state index is 12.4. The Hall–Kier alpha value is -4.64. The molecule has 14 heteroatoms. The summed E-state index contributed by atoms with van der Waals surface area (Å²) in [6.45, 7) is 1.76. The Morgan fingerprint density at radius 1 is 1.13 bits per heavy atom. The van der Waals surface area contributed by atoms with Crippen molar-refractivity contribution in [3.63, 3.8) is 0 Å². The molecule has 0 aliphatic carbocycles. The van der Waals surface area contributed by atoms with Crippen molar-refractivity contribution >= 4 is 22.5 Å². The first-order valence-electron chi connectivity index (χ1n) is 11.6. The number of carbonyl (C=O) groups is 1. The fourth-order valence-electron chi connectivity index (χ4n) is 3.72. The second kappa shape index (κ2) is 12.1. The molecule has 0 aliphatic rings. The van der Waals surface area contributed by atoms with Crippen LogP contribution in [0, 0.1) is 11.3 Å². The third-order valence-electron chi connectivity index (χ3n) is 5.50. The number of anilines is 1. The Morgan fingerprint density at radius 2 is 1.95 bits per heavy atom. The number of rotatable bonds is 12. The molecule has 0 spiro atoms. The number of aromatic amines is 1. The summed E-state index contributed by atoms with van der Waals surface area (Å²) >= 11 is 0. The van der Waals surface area contributed by atoms with Gasteiger partial charge in [-0.3, -0.25) is 14.5 Å². The van der Waals surface area contributed by atoms with E-state index in [0.717, 1.165) is 28.3 Å². The molecule has 2 aromatic carbocycles. The Kier molecular flexibility index (Phi) is 8.39. The normalized spacial score (nSPS) is 11.3. The monoisotopic (exact) mass is 527 g/mol. The van der Waals surface area contributed by atoms with Crippen molar-refractivity contribution < 1.29 is 22.7 Å². The van der Waals surface area contributed by atoms with Crippen molar-refractivity contribution in [1.29, 1.82) is 5.26 Å². The molecule has 11 nitrogen and oxygen atoms in total. The van der Waals surface area contributed by atoms with Gasteiger partial charge in [-0.05, 0) is 36.2 Å². The lowest BCUT2D eigenvalue weighted by molar-refractivity contribution is -0.274. The van der Waals surface area contributed by atoms with Gasteiger partial charge in [0.2, 0.25) is 5.91 Å². The van der Waals surface area contributed by atoms with E-state index in [9.17, 15) is 18.0 Å². The predicted octanol–water partition coefficient (Wildman–Crippen LogP) is 3.01. The van der Waals surface area contributed by atoms with Crippen molar-refractivity contribution in [3.05, 3.63) is 60.3 Å². The van der Waals surface area contributed by atoms with Crippen molar-refractivity contribution in [1.82, 2.24) is 35.6 Å². The molecule has 2 aromatic heterocycles. The van der Waals surface area contributed by atoms with Crippen LogP contribution >= 0.6 is 0 Å². The largest absolute Gasteiger partial charge is 0.573 e. The minimum absolute atomic E-state index is 0.129. The van der Waals surface area contributed by atoms with Crippen LogP contribution in [0.5, 0.6) is 5.75 Å². The first kappa shape index (κ1) is 26.4. The van der Waals surface area contributed by atoms with Gasteiger partial charge in [0, 0.05) is 43.7 Å². The quantitative estimate of drug-likeness (QED) is 0.206. The topological polar surface area (TPSA) is 146 Å². The summed E-state index contributed by atoms with van der Waals surface area (Å²) in [5, 5.41) is 34.0. The Bertz CT molecular complexity index is 1410. The maximum absolute atomic E-state index is 12.4. The van der Waals surface area contributed by atoms with Gasteiger partial charge in [0.25, 0.3) is 0 Å². The number of alkyl halides is 3. The molecule has 2 heterocycles. The third kappa shape index (κ3) is 7.20. The minimum atomic E-state index is -4.87. The van der Waals surface area contributed by atoms with E-state index < -0.39 is 12.1 Å². The average Bonchev–Trinajstić information content (AvgIpc) is 3.58. The van der Waals surface area contributed by atoms with E-state index >= 15 is 0 Å². The summed E-state index contributed by atoms with van der Waals surface area (Å²) in [5.41, 5.74) is 3.03. The second-order valence-electron chi connectivity index (χ2n) is 8.24. The van der Waals surface area contributed by atoms with E-state index in [1.54, 1.807) is 29.5 Å². The molecule has 0 bridgehead atoms. The van der Waals surface area contributed by atoms with Crippen molar-refractivity contribution in [3.8, 4) is 17.5 Å². The fraction of sp³-hybridized carbons (Fsp3) is 0.292. The lowest BCUT2D eigenvalue weighted by atomic mass is 10.1. The predicted molar refractivity (Wildman–Crippen MR) is 131 cm³/mol. The number of hydrogen-bond acceptors (Lipinski definition) is 8. The van der Waals surface area contributed by atoms with Crippen LogP contribution in [0.25, 0.3) is 16.6 Å². The molecule has 0 fully saturated rings. The van der Waals surface area contributed by atoms with Crippen LogP contribution < -0.4 is 20.7 Å². The van der Waals surface area contributed by atoms with Crippen LogP contribution in [0.3, 0.4) is 0 Å². The minimum Gasteiger partial charge on any atom is -0.404 e. The lowest BCUT2D eigenvalue weighted by Crippen LogP contribution is -2.29. The van der Waals surface area contributed by atoms with E-state index in [0.29, 0.717) is 31.6 Å². The van der Waals surface area contributed by atoms with Crippen molar-refractivity contribution in [2.75, 3.05) is 25.0 Å². The molecule has 4 rings (SSSR count). The molecule has 0 saturated heterocycles. The van der Waals surface area contributed by atoms with E-state index in [2.05, 4.69) is 41.1 Å². The number of halogens is 3. The molecule has 0 radical (unpaired) electrons. The molecule has 1 amide bonds. The van der Waals surface area contributed by atoms with Gasteiger partial charge in [0.15, 0.2) is 0 Å². The SMILES string of the molecule is N#Cc1cc(CNCCC(=O)NCCCNc2cc(-n3cnnc3)cc3[nH]ncc23)ccc1OC(F)(F)F. The van der Waals surface area contributed by atoms with Crippen LogP contribution in [0.2, 0.25) is 0 Å².